The van der Waals surface area contributed by atoms with Gasteiger partial charge in [0.05, 0.1) is 5.69 Å². The van der Waals surface area contributed by atoms with E-state index in [2.05, 4.69) is 10.4 Å². The highest BCUT2D eigenvalue weighted by Crippen LogP contribution is 2.29. The number of carbonyl (C=O) groups excluding carboxylic acids is 1. The van der Waals surface area contributed by atoms with Crippen LogP contribution in [-0.2, 0) is 11.2 Å². The van der Waals surface area contributed by atoms with Gasteiger partial charge in [0.1, 0.15) is 23.1 Å². The number of para-hydroxylation sites is 2. The average Bonchev–Trinajstić information content (AvgIpc) is 3.18. The molecule has 3 aromatic rings. The molecule has 6 heteroatoms. The van der Waals surface area contributed by atoms with E-state index in [1.165, 1.54) is 10.7 Å². The summed E-state index contributed by atoms with van der Waals surface area (Å²) in [6.07, 6.45) is -0.101. The third kappa shape index (κ3) is 2.87. The van der Waals surface area contributed by atoms with Crippen LogP contribution in [0.4, 0.5) is 10.2 Å². The van der Waals surface area contributed by atoms with Gasteiger partial charge in [0.15, 0.2) is 6.10 Å². The number of hydrogen-bond acceptors (Lipinski definition) is 3. The van der Waals surface area contributed by atoms with Crippen LogP contribution < -0.4 is 10.1 Å². The van der Waals surface area contributed by atoms with Crippen LogP contribution in [-0.4, -0.2) is 21.8 Å². The number of halogens is 1. The largest absolute Gasteiger partial charge is 0.480 e. The van der Waals surface area contributed by atoms with Crippen LogP contribution in [0.5, 0.6) is 5.75 Å². The molecule has 0 fully saturated rings. The van der Waals surface area contributed by atoms with Gasteiger partial charge in [0.2, 0.25) is 0 Å². The van der Waals surface area contributed by atoms with Crippen molar-refractivity contribution in [1.82, 2.24) is 9.78 Å². The third-order valence-electron chi connectivity index (χ3n) is 4.10. The number of nitrogens with one attached hydrogen (secondary N) is 1. The zero-order valence-corrected chi connectivity index (χ0v) is 13.6. The lowest BCUT2D eigenvalue weighted by molar-refractivity contribution is -0.122. The van der Waals surface area contributed by atoms with Crippen LogP contribution in [0, 0.1) is 12.7 Å². The molecule has 1 aliphatic rings. The van der Waals surface area contributed by atoms with Crippen LogP contribution in [0.15, 0.2) is 54.6 Å². The Bertz CT molecular complexity index is 926. The number of hydrogen-bond donors (Lipinski definition) is 1. The molecule has 1 atom stereocenters. The fourth-order valence-electron chi connectivity index (χ4n) is 2.93. The number of rotatable bonds is 3. The van der Waals surface area contributed by atoms with Crippen molar-refractivity contribution in [2.45, 2.75) is 19.4 Å². The molecule has 1 N–H and O–H groups in total. The molecule has 2 aromatic carbocycles. The van der Waals surface area contributed by atoms with Crippen molar-refractivity contribution in [2.24, 2.45) is 0 Å². The maximum atomic E-state index is 14.1. The van der Waals surface area contributed by atoms with E-state index in [0.29, 0.717) is 17.9 Å². The van der Waals surface area contributed by atoms with Crippen LogP contribution in [0.1, 0.15) is 11.3 Å². The van der Waals surface area contributed by atoms with Gasteiger partial charge in [-0.2, -0.15) is 5.10 Å². The second-order valence-electron chi connectivity index (χ2n) is 5.94. The van der Waals surface area contributed by atoms with E-state index < -0.39 is 11.9 Å². The molecule has 5 nitrogen and oxygen atoms in total. The molecule has 0 bridgehead atoms. The van der Waals surface area contributed by atoms with E-state index in [-0.39, 0.29) is 11.6 Å². The fourth-order valence-corrected chi connectivity index (χ4v) is 2.93. The van der Waals surface area contributed by atoms with E-state index in [4.69, 9.17) is 4.74 Å². The Morgan fingerprint density at radius 3 is 2.80 bits per heavy atom. The summed E-state index contributed by atoms with van der Waals surface area (Å²) in [7, 11) is 0. The number of benzene rings is 2. The first-order valence-corrected chi connectivity index (χ1v) is 7.99. The third-order valence-corrected chi connectivity index (χ3v) is 4.10. The van der Waals surface area contributed by atoms with Gasteiger partial charge in [-0.3, -0.25) is 4.79 Å². The quantitative estimate of drug-likeness (QED) is 0.798. The van der Waals surface area contributed by atoms with Crippen LogP contribution >= 0.6 is 0 Å². The summed E-state index contributed by atoms with van der Waals surface area (Å²) in [5, 5.41) is 7.09. The summed E-state index contributed by atoms with van der Waals surface area (Å²) >= 11 is 0. The number of nitrogens with zero attached hydrogens (tertiary/aromatic N) is 2. The monoisotopic (exact) mass is 337 g/mol. The van der Waals surface area contributed by atoms with Crippen molar-refractivity contribution in [3.05, 3.63) is 71.7 Å². The normalized spacial score (nSPS) is 15.5. The number of amides is 1. The summed E-state index contributed by atoms with van der Waals surface area (Å²) in [5.74, 6) is 0.438. The average molecular weight is 337 g/mol. The second-order valence-corrected chi connectivity index (χ2v) is 5.94. The Labute approximate surface area is 144 Å². The molecule has 1 amide bonds. The number of carbonyl (C=O) groups is 1. The van der Waals surface area contributed by atoms with Crippen LogP contribution in [0.3, 0.4) is 0 Å². The maximum absolute atomic E-state index is 14.1. The number of ether oxygens (including phenoxy) is 1. The van der Waals surface area contributed by atoms with Gasteiger partial charge < -0.3 is 10.1 Å². The van der Waals surface area contributed by atoms with Gasteiger partial charge in [0.25, 0.3) is 5.91 Å². The van der Waals surface area contributed by atoms with E-state index in [1.807, 2.05) is 24.3 Å². The summed E-state index contributed by atoms with van der Waals surface area (Å²) in [5.41, 5.74) is 1.96. The summed E-state index contributed by atoms with van der Waals surface area (Å²) in [6.45, 7) is 1.79. The predicted molar refractivity (Wildman–Crippen MR) is 91.5 cm³/mol. The van der Waals surface area contributed by atoms with Crippen molar-refractivity contribution in [2.75, 3.05) is 5.32 Å². The van der Waals surface area contributed by atoms with Crippen LogP contribution in [0.2, 0.25) is 0 Å². The Morgan fingerprint density at radius 2 is 2.00 bits per heavy atom. The Morgan fingerprint density at radius 1 is 1.24 bits per heavy atom. The lowest BCUT2D eigenvalue weighted by Gasteiger charge is -2.13. The molecule has 0 saturated heterocycles. The first kappa shape index (κ1) is 15.4. The first-order chi connectivity index (χ1) is 12.1. The minimum absolute atomic E-state index is 0.279. The summed E-state index contributed by atoms with van der Waals surface area (Å²) < 4.78 is 21.2. The Hall–Kier alpha value is -3.15. The maximum Gasteiger partial charge on any atom is 0.266 e. The summed E-state index contributed by atoms with van der Waals surface area (Å²) in [4.78, 5) is 12.6. The van der Waals surface area contributed by atoms with Crippen molar-refractivity contribution < 1.29 is 13.9 Å². The molecule has 0 radical (unpaired) electrons. The molecule has 25 heavy (non-hydrogen) atoms. The Kier molecular flexibility index (Phi) is 3.72. The molecular weight excluding hydrogens is 321 g/mol. The van der Waals surface area contributed by atoms with Gasteiger partial charge in [-0.05, 0) is 30.7 Å². The fraction of sp³-hybridized carbons (Fsp3) is 0.158. The van der Waals surface area contributed by atoms with Crippen LogP contribution in [0.25, 0.3) is 5.69 Å². The van der Waals surface area contributed by atoms with E-state index in [1.54, 1.807) is 31.2 Å². The number of aromatic nitrogens is 2. The van der Waals surface area contributed by atoms with E-state index in [0.717, 1.165) is 11.3 Å². The first-order valence-electron chi connectivity index (χ1n) is 7.99. The highest BCUT2D eigenvalue weighted by Gasteiger charge is 2.29. The van der Waals surface area contributed by atoms with Gasteiger partial charge >= 0.3 is 0 Å². The number of anilines is 1. The highest BCUT2D eigenvalue weighted by molar-refractivity contribution is 5.94. The minimum Gasteiger partial charge on any atom is -0.480 e. The van der Waals surface area contributed by atoms with Gasteiger partial charge in [0, 0.05) is 12.5 Å². The van der Waals surface area contributed by atoms with Crippen molar-refractivity contribution in [3.8, 4) is 11.4 Å². The SMILES string of the molecule is Cc1cc(NC(=O)C2Cc3ccccc3O2)n(-c2ccccc2F)n1. The standard InChI is InChI=1S/C19H16FN3O2/c1-12-10-18(23(22-12)15-8-4-3-7-14(15)20)21-19(24)17-11-13-6-2-5-9-16(13)25-17/h2-10,17H,11H2,1H3,(H,21,24). The molecule has 126 valence electrons. The van der Waals surface area contributed by atoms with E-state index in [9.17, 15) is 9.18 Å². The molecule has 4 rings (SSSR count). The minimum atomic E-state index is -0.610. The van der Waals surface area contributed by atoms with E-state index >= 15 is 0 Å². The zero-order valence-electron chi connectivity index (χ0n) is 13.6. The zero-order chi connectivity index (χ0) is 17.4. The predicted octanol–water partition coefficient (Wildman–Crippen LogP) is 3.26. The lowest BCUT2D eigenvalue weighted by Crippen LogP contribution is -2.32. The lowest BCUT2D eigenvalue weighted by atomic mass is 10.1. The molecule has 2 heterocycles. The molecular formula is C19H16FN3O2. The molecule has 0 spiro atoms. The van der Waals surface area contributed by atoms with Gasteiger partial charge in [-0.1, -0.05) is 30.3 Å². The molecule has 1 unspecified atom stereocenters. The Balaban J connectivity index is 1.58. The van der Waals surface area contributed by atoms with Crippen molar-refractivity contribution >= 4 is 11.7 Å². The highest BCUT2D eigenvalue weighted by atomic mass is 19.1. The smallest absolute Gasteiger partial charge is 0.266 e. The second kappa shape index (κ2) is 6.05. The number of aryl methyl sites for hydroxylation is 1. The van der Waals surface area contributed by atoms with Crippen molar-refractivity contribution in [3.63, 3.8) is 0 Å². The van der Waals surface area contributed by atoms with Crippen molar-refractivity contribution in [1.29, 1.82) is 0 Å². The molecule has 1 aromatic heterocycles. The van der Waals surface area contributed by atoms with Gasteiger partial charge in [-0.15, -0.1) is 0 Å². The molecule has 0 saturated carbocycles. The summed E-state index contributed by atoms with van der Waals surface area (Å²) in [6, 6.07) is 15.6. The molecule has 1 aliphatic heterocycles. The number of fused-ring (bicyclic) bond motifs is 1. The van der Waals surface area contributed by atoms with Gasteiger partial charge in [-0.25, -0.2) is 9.07 Å². The molecule has 0 aliphatic carbocycles. The topological polar surface area (TPSA) is 56.1 Å².